The van der Waals surface area contributed by atoms with E-state index in [0.29, 0.717) is 11.9 Å². The van der Waals surface area contributed by atoms with Crippen LogP contribution in [0.15, 0.2) is 17.1 Å². The van der Waals surface area contributed by atoms with Gasteiger partial charge in [-0.25, -0.2) is 13.2 Å². The highest BCUT2D eigenvalue weighted by atomic mass is 127. The van der Waals surface area contributed by atoms with E-state index < -0.39 is 29.0 Å². The second-order valence-electron chi connectivity index (χ2n) is 6.44. The summed E-state index contributed by atoms with van der Waals surface area (Å²) >= 11 is 0. The highest BCUT2D eigenvalue weighted by Crippen LogP contribution is 2.20. The average molecular weight is 514 g/mol. The van der Waals surface area contributed by atoms with Gasteiger partial charge >= 0.3 is 0 Å². The molecule has 0 aliphatic carbocycles. The lowest BCUT2D eigenvalue weighted by atomic mass is 9.96. The van der Waals surface area contributed by atoms with Gasteiger partial charge in [0.15, 0.2) is 23.4 Å². The smallest absolute Gasteiger partial charge is 0.243 e. The summed E-state index contributed by atoms with van der Waals surface area (Å²) in [5.74, 6) is -3.83. The molecule has 1 saturated heterocycles. The Bertz CT molecular complexity index is 685. The molecule has 0 radical (unpaired) electrons. The molecule has 1 aromatic rings. The van der Waals surface area contributed by atoms with Crippen LogP contribution in [0, 0.1) is 23.4 Å². The van der Waals surface area contributed by atoms with E-state index in [-0.39, 0.29) is 30.5 Å². The fourth-order valence-corrected chi connectivity index (χ4v) is 2.88. The number of rotatable bonds is 6. The van der Waals surface area contributed by atoms with Gasteiger partial charge in [-0.15, -0.1) is 24.0 Å². The van der Waals surface area contributed by atoms with Crippen molar-refractivity contribution >= 4 is 41.5 Å². The summed E-state index contributed by atoms with van der Waals surface area (Å²) in [5.41, 5.74) is -0.413. The maximum atomic E-state index is 13.6. The third-order valence-corrected chi connectivity index (χ3v) is 4.50. The van der Waals surface area contributed by atoms with Crippen molar-refractivity contribution in [2.24, 2.45) is 10.9 Å². The molecule has 1 fully saturated rings. The molecule has 1 aromatic carbocycles. The topological polar surface area (TPSA) is 66.0 Å². The minimum atomic E-state index is -1.62. The van der Waals surface area contributed by atoms with Crippen molar-refractivity contribution in [3.63, 3.8) is 0 Å². The maximum absolute atomic E-state index is 13.6. The molecule has 0 bridgehead atoms. The molecule has 2 rings (SSSR count). The second kappa shape index (κ2) is 12.1. The van der Waals surface area contributed by atoms with Gasteiger partial charge in [0.1, 0.15) is 0 Å². The number of guanidine groups is 1. The molecule has 0 unspecified atom stereocenters. The molecule has 28 heavy (non-hydrogen) atoms. The Kier molecular flexibility index (Phi) is 10.6. The summed E-state index contributed by atoms with van der Waals surface area (Å²) in [7, 11) is 3.46. The van der Waals surface area contributed by atoms with Crippen LogP contribution in [0.2, 0.25) is 0 Å². The normalized spacial score (nSPS) is 15.0. The van der Waals surface area contributed by atoms with Gasteiger partial charge in [0.2, 0.25) is 5.91 Å². The van der Waals surface area contributed by atoms with E-state index in [1.807, 2.05) is 11.9 Å². The molecule has 0 spiro atoms. The fraction of sp³-hybridized carbons (Fsp3) is 0.556. The number of halogens is 4. The molecule has 0 aromatic heterocycles. The highest BCUT2D eigenvalue weighted by Gasteiger charge is 2.17. The second-order valence-corrected chi connectivity index (χ2v) is 6.44. The molecule has 1 amide bonds. The Labute approximate surface area is 179 Å². The predicted octanol–water partition coefficient (Wildman–Crippen LogP) is 2.98. The Morgan fingerprint density at radius 3 is 2.57 bits per heavy atom. The quantitative estimate of drug-likeness (QED) is 0.265. The number of amides is 1. The molecular weight excluding hydrogens is 488 g/mol. The van der Waals surface area contributed by atoms with E-state index in [2.05, 4.69) is 15.6 Å². The van der Waals surface area contributed by atoms with Gasteiger partial charge in [-0.05, 0) is 37.3 Å². The van der Waals surface area contributed by atoms with Gasteiger partial charge in [-0.2, -0.15) is 0 Å². The molecule has 6 nitrogen and oxygen atoms in total. The van der Waals surface area contributed by atoms with Crippen molar-refractivity contribution < 1.29 is 22.7 Å². The fourth-order valence-electron chi connectivity index (χ4n) is 2.88. The van der Waals surface area contributed by atoms with Crippen LogP contribution >= 0.6 is 24.0 Å². The maximum Gasteiger partial charge on any atom is 0.243 e. The minimum Gasteiger partial charge on any atom is -0.381 e. The first-order chi connectivity index (χ1) is 12.9. The van der Waals surface area contributed by atoms with Crippen molar-refractivity contribution in [3.8, 4) is 0 Å². The number of anilines is 1. The highest BCUT2D eigenvalue weighted by molar-refractivity contribution is 14.0. The van der Waals surface area contributed by atoms with Crippen LogP contribution in [0.5, 0.6) is 0 Å². The third kappa shape index (κ3) is 7.12. The minimum absolute atomic E-state index is 0. The largest absolute Gasteiger partial charge is 0.381 e. The Balaban J connectivity index is 0.00000392. The van der Waals surface area contributed by atoms with E-state index in [1.165, 1.54) is 0 Å². The molecule has 1 aliphatic rings. The van der Waals surface area contributed by atoms with E-state index in [1.54, 1.807) is 7.05 Å². The van der Waals surface area contributed by atoms with Crippen LogP contribution in [-0.2, 0) is 9.53 Å². The number of hydrogen-bond acceptors (Lipinski definition) is 3. The molecular formula is C18H26F3IN4O2. The van der Waals surface area contributed by atoms with E-state index in [9.17, 15) is 18.0 Å². The van der Waals surface area contributed by atoms with Crippen molar-refractivity contribution in [3.05, 3.63) is 29.6 Å². The van der Waals surface area contributed by atoms with E-state index in [0.717, 1.165) is 51.2 Å². The van der Waals surface area contributed by atoms with Crippen LogP contribution in [0.1, 0.15) is 19.3 Å². The van der Waals surface area contributed by atoms with Gasteiger partial charge < -0.3 is 20.3 Å². The number of benzene rings is 1. The van der Waals surface area contributed by atoms with Gasteiger partial charge in [0, 0.05) is 33.9 Å². The van der Waals surface area contributed by atoms with Crippen LogP contribution < -0.4 is 10.6 Å². The van der Waals surface area contributed by atoms with Crippen molar-refractivity contribution in [2.75, 3.05) is 45.7 Å². The summed E-state index contributed by atoms with van der Waals surface area (Å²) in [6, 6.07) is 1.73. The van der Waals surface area contributed by atoms with Crippen molar-refractivity contribution in [2.45, 2.75) is 19.3 Å². The molecule has 1 heterocycles. The summed E-state index contributed by atoms with van der Waals surface area (Å²) in [6.45, 7) is 2.17. The number of ether oxygens (including phenoxy) is 1. The zero-order valence-corrected chi connectivity index (χ0v) is 18.3. The SMILES string of the molecule is CN=C(NCC(=O)Nc1ccc(F)c(F)c1F)N(C)CCC1CCOCC1.I. The molecule has 1 aliphatic heterocycles. The average Bonchev–Trinajstić information content (AvgIpc) is 2.68. The molecule has 158 valence electrons. The molecule has 2 N–H and O–H groups in total. The predicted molar refractivity (Wildman–Crippen MR) is 113 cm³/mol. The number of nitrogens with zero attached hydrogens (tertiary/aromatic N) is 2. The monoisotopic (exact) mass is 514 g/mol. The van der Waals surface area contributed by atoms with Crippen molar-refractivity contribution in [1.29, 1.82) is 0 Å². The number of aliphatic imine (C=N–C) groups is 1. The standard InChI is InChI=1S/C18H25F3N4O2.HI/c1-22-18(25(2)8-5-12-6-9-27-10-7-12)23-11-15(26)24-14-4-3-13(19)16(20)17(14)21;/h3-4,12H,5-11H2,1-2H3,(H,22,23)(H,24,26);1H. The number of carbonyl (C=O) groups excluding carboxylic acids is 1. The lowest BCUT2D eigenvalue weighted by Gasteiger charge is -2.26. The molecule has 0 atom stereocenters. The van der Waals surface area contributed by atoms with E-state index >= 15 is 0 Å². The van der Waals surface area contributed by atoms with Crippen LogP contribution in [0.25, 0.3) is 0 Å². The first-order valence-electron chi connectivity index (χ1n) is 8.85. The van der Waals surface area contributed by atoms with Gasteiger partial charge in [0.05, 0.1) is 12.2 Å². The summed E-state index contributed by atoms with van der Waals surface area (Å²) in [5, 5.41) is 5.08. The number of nitrogens with one attached hydrogen (secondary N) is 2. The summed E-state index contributed by atoms with van der Waals surface area (Å²) in [6.07, 6.45) is 3.08. The lowest BCUT2D eigenvalue weighted by molar-refractivity contribution is -0.115. The lowest BCUT2D eigenvalue weighted by Crippen LogP contribution is -2.43. The number of hydrogen-bond donors (Lipinski definition) is 2. The third-order valence-electron chi connectivity index (χ3n) is 4.50. The first kappa shape index (κ1) is 24.5. The van der Waals surface area contributed by atoms with Crippen LogP contribution in [-0.4, -0.2) is 57.2 Å². The van der Waals surface area contributed by atoms with E-state index in [4.69, 9.17) is 4.74 Å². The summed E-state index contributed by atoms with van der Waals surface area (Å²) in [4.78, 5) is 18.0. The van der Waals surface area contributed by atoms with Crippen molar-refractivity contribution in [1.82, 2.24) is 10.2 Å². The van der Waals surface area contributed by atoms with Crippen LogP contribution in [0.4, 0.5) is 18.9 Å². The van der Waals surface area contributed by atoms with Gasteiger partial charge in [-0.3, -0.25) is 9.79 Å². The van der Waals surface area contributed by atoms with Gasteiger partial charge in [0.25, 0.3) is 0 Å². The Morgan fingerprint density at radius 1 is 1.25 bits per heavy atom. The Hall–Kier alpha value is -1.56. The van der Waals surface area contributed by atoms with Crippen LogP contribution in [0.3, 0.4) is 0 Å². The Morgan fingerprint density at radius 2 is 1.93 bits per heavy atom. The zero-order chi connectivity index (χ0) is 19.8. The first-order valence-corrected chi connectivity index (χ1v) is 8.85. The molecule has 0 saturated carbocycles. The van der Waals surface area contributed by atoms with Gasteiger partial charge in [-0.1, -0.05) is 0 Å². The summed E-state index contributed by atoms with van der Waals surface area (Å²) < 4.78 is 45.1. The molecule has 10 heteroatoms. The number of carbonyl (C=O) groups is 1. The zero-order valence-electron chi connectivity index (χ0n) is 15.9.